The first kappa shape index (κ1) is 16.6. The van der Waals surface area contributed by atoms with Crippen molar-refractivity contribution in [3.63, 3.8) is 0 Å². The summed E-state index contributed by atoms with van der Waals surface area (Å²) in [4.78, 5) is 25.3. The summed E-state index contributed by atoms with van der Waals surface area (Å²) in [6.45, 7) is 0.870. The highest BCUT2D eigenvalue weighted by atomic mass is 16.5. The fourth-order valence-electron chi connectivity index (χ4n) is 3.06. The second-order valence-electron chi connectivity index (χ2n) is 6.16. The third kappa shape index (κ3) is 3.97. The van der Waals surface area contributed by atoms with Crippen LogP contribution in [0.15, 0.2) is 24.3 Å². The van der Waals surface area contributed by atoms with Gasteiger partial charge in [-0.15, -0.1) is 0 Å². The molecule has 3 rings (SSSR count). The maximum absolute atomic E-state index is 12.5. The lowest BCUT2D eigenvalue weighted by Gasteiger charge is -2.31. The number of nitrogens with two attached hydrogens (primary N) is 1. The van der Waals surface area contributed by atoms with E-state index in [-0.39, 0.29) is 18.7 Å². The van der Waals surface area contributed by atoms with Crippen molar-refractivity contribution in [3.8, 4) is 5.75 Å². The van der Waals surface area contributed by atoms with Crippen molar-refractivity contribution in [2.45, 2.75) is 37.9 Å². The molecule has 1 atom stereocenters. The summed E-state index contributed by atoms with van der Waals surface area (Å²) in [7, 11) is 0. The first-order chi connectivity index (χ1) is 11.6. The molecule has 0 aromatic heterocycles. The highest BCUT2D eigenvalue weighted by molar-refractivity contribution is 5.91. The molecule has 1 aromatic rings. The van der Waals surface area contributed by atoms with E-state index in [2.05, 4.69) is 5.32 Å². The van der Waals surface area contributed by atoms with Gasteiger partial charge in [0.1, 0.15) is 5.75 Å². The maximum Gasteiger partial charge on any atom is 0.322 e. The predicted molar refractivity (Wildman–Crippen MR) is 88.9 cm³/mol. The molecule has 1 saturated heterocycles. The van der Waals surface area contributed by atoms with Crippen LogP contribution in [0.5, 0.6) is 5.75 Å². The molecule has 24 heavy (non-hydrogen) atoms. The molecule has 1 aromatic carbocycles. The molecule has 2 fully saturated rings. The molecular formula is C17H23N3O4. The summed E-state index contributed by atoms with van der Waals surface area (Å²) in [6, 6.07) is 7.13. The number of urea groups is 1. The van der Waals surface area contributed by atoms with Gasteiger partial charge in [-0.1, -0.05) is 12.1 Å². The highest BCUT2D eigenvalue weighted by Crippen LogP contribution is 2.30. The average molecular weight is 333 g/mol. The van der Waals surface area contributed by atoms with Crippen molar-refractivity contribution in [1.82, 2.24) is 4.90 Å². The number of para-hydroxylation sites is 2. The van der Waals surface area contributed by atoms with Crippen molar-refractivity contribution in [2.24, 2.45) is 5.73 Å². The van der Waals surface area contributed by atoms with Gasteiger partial charge in [-0.25, -0.2) is 4.79 Å². The topological polar surface area (TPSA) is 93.9 Å². The smallest absolute Gasteiger partial charge is 0.322 e. The van der Waals surface area contributed by atoms with Crippen LogP contribution in [0, 0.1) is 0 Å². The molecule has 7 heteroatoms. The number of carbonyl (C=O) groups is 2. The minimum atomic E-state index is -0.755. The van der Waals surface area contributed by atoms with Gasteiger partial charge in [0, 0.05) is 6.54 Å². The summed E-state index contributed by atoms with van der Waals surface area (Å²) < 4.78 is 11.3. The minimum Gasteiger partial charge on any atom is -0.488 e. The number of ether oxygens (including phenoxy) is 2. The molecule has 1 aliphatic carbocycles. The number of amides is 3. The molecule has 2 aliphatic rings. The van der Waals surface area contributed by atoms with Crippen LogP contribution in [0.1, 0.15) is 25.7 Å². The number of hydrogen-bond donors (Lipinski definition) is 2. The standard InChI is InChI=1S/C17H23N3O4/c18-16(21)15-11-20(9-10-23-15)17(22)19-13-7-3-4-8-14(13)24-12-5-1-2-6-12/h3-4,7-8,12,15H,1-2,5-6,9-11H2,(H2,18,21)(H,19,22)/t15-/m0/s1. The number of hydrogen-bond acceptors (Lipinski definition) is 4. The predicted octanol–water partition coefficient (Wildman–Crippen LogP) is 1.73. The van der Waals surface area contributed by atoms with Crippen molar-refractivity contribution in [2.75, 3.05) is 25.0 Å². The van der Waals surface area contributed by atoms with E-state index in [1.165, 1.54) is 17.7 Å². The van der Waals surface area contributed by atoms with Gasteiger partial charge in [0.15, 0.2) is 6.10 Å². The van der Waals surface area contributed by atoms with Crippen LogP contribution in [0.25, 0.3) is 0 Å². The number of benzene rings is 1. The largest absolute Gasteiger partial charge is 0.488 e. The zero-order valence-corrected chi connectivity index (χ0v) is 13.6. The van der Waals surface area contributed by atoms with E-state index in [0.29, 0.717) is 24.6 Å². The van der Waals surface area contributed by atoms with E-state index in [1.807, 2.05) is 24.3 Å². The van der Waals surface area contributed by atoms with E-state index < -0.39 is 12.0 Å². The number of nitrogens with zero attached hydrogens (tertiary/aromatic N) is 1. The van der Waals surface area contributed by atoms with Crippen molar-refractivity contribution in [3.05, 3.63) is 24.3 Å². The fraction of sp³-hybridized carbons (Fsp3) is 0.529. The number of morpholine rings is 1. The van der Waals surface area contributed by atoms with Crippen LogP contribution in [0.4, 0.5) is 10.5 Å². The van der Waals surface area contributed by atoms with Gasteiger partial charge in [0.2, 0.25) is 5.91 Å². The highest BCUT2D eigenvalue weighted by Gasteiger charge is 2.28. The molecule has 0 radical (unpaired) electrons. The monoisotopic (exact) mass is 333 g/mol. The Bertz CT molecular complexity index is 601. The Morgan fingerprint density at radius 2 is 2.00 bits per heavy atom. The van der Waals surface area contributed by atoms with E-state index in [9.17, 15) is 9.59 Å². The van der Waals surface area contributed by atoms with Crippen LogP contribution in [-0.4, -0.2) is 48.7 Å². The average Bonchev–Trinajstić information content (AvgIpc) is 3.10. The van der Waals surface area contributed by atoms with E-state index in [4.69, 9.17) is 15.2 Å². The molecule has 130 valence electrons. The molecule has 0 unspecified atom stereocenters. The van der Waals surface area contributed by atoms with Gasteiger partial charge in [-0.2, -0.15) is 0 Å². The fourth-order valence-corrected chi connectivity index (χ4v) is 3.06. The zero-order chi connectivity index (χ0) is 16.9. The van der Waals surface area contributed by atoms with Crippen LogP contribution in [0.3, 0.4) is 0 Å². The molecular weight excluding hydrogens is 310 g/mol. The number of anilines is 1. The lowest BCUT2D eigenvalue weighted by molar-refractivity contribution is -0.133. The van der Waals surface area contributed by atoms with Crippen molar-refractivity contribution in [1.29, 1.82) is 0 Å². The molecule has 1 heterocycles. The van der Waals surface area contributed by atoms with Gasteiger partial charge in [0.05, 0.1) is 24.9 Å². The van der Waals surface area contributed by atoms with Gasteiger partial charge in [-0.05, 0) is 37.8 Å². The number of nitrogens with one attached hydrogen (secondary N) is 1. The van der Waals surface area contributed by atoms with Gasteiger partial charge < -0.3 is 25.4 Å². The lowest BCUT2D eigenvalue weighted by Crippen LogP contribution is -2.51. The number of rotatable bonds is 4. The molecule has 3 amide bonds. The molecule has 0 bridgehead atoms. The summed E-state index contributed by atoms with van der Waals surface area (Å²) in [5.41, 5.74) is 5.89. The minimum absolute atomic E-state index is 0.160. The first-order valence-corrected chi connectivity index (χ1v) is 8.36. The SMILES string of the molecule is NC(=O)[C@@H]1CN(C(=O)Nc2ccccc2OC2CCCC2)CCO1. The van der Waals surface area contributed by atoms with Crippen LogP contribution in [0.2, 0.25) is 0 Å². The Morgan fingerprint density at radius 1 is 1.25 bits per heavy atom. The summed E-state index contributed by atoms with van der Waals surface area (Å²) >= 11 is 0. The van der Waals surface area contributed by atoms with Crippen LogP contribution in [-0.2, 0) is 9.53 Å². The quantitative estimate of drug-likeness (QED) is 0.877. The number of primary amides is 1. The van der Waals surface area contributed by atoms with Gasteiger partial charge >= 0.3 is 6.03 Å². The Kier molecular flexibility index (Phi) is 5.20. The normalized spacial score (nSPS) is 21.5. The van der Waals surface area contributed by atoms with Gasteiger partial charge in [-0.3, -0.25) is 4.79 Å². The Hall–Kier alpha value is -2.28. The molecule has 1 aliphatic heterocycles. The molecule has 3 N–H and O–H groups in total. The second kappa shape index (κ2) is 7.53. The van der Waals surface area contributed by atoms with Crippen LogP contribution >= 0.6 is 0 Å². The summed E-state index contributed by atoms with van der Waals surface area (Å²) in [5.74, 6) is 0.120. The second-order valence-corrected chi connectivity index (χ2v) is 6.16. The third-order valence-electron chi connectivity index (χ3n) is 4.40. The Balaban J connectivity index is 1.64. The zero-order valence-electron chi connectivity index (χ0n) is 13.6. The summed E-state index contributed by atoms with van der Waals surface area (Å²) in [6.07, 6.45) is 3.92. The lowest BCUT2D eigenvalue weighted by atomic mass is 10.2. The maximum atomic E-state index is 12.5. The van der Waals surface area contributed by atoms with Gasteiger partial charge in [0.25, 0.3) is 0 Å². The third-order valence-corrected chi connectivity index (χ3v) is 4.40. The van der Waals surface area contributed by atoms with E-state index in [0.717, 1.165) is 12.8 Å². The van der Waals surface area contributed by atoms with Crippen molar-refractivity contribution >= 4 is 17.6 Å². The Labute approximate surface area is 141 Å². The molecule has 0 spiro atoms. The number of carbonyl (C=O) groups excluding carboxylic acids is 2. The summed E-state index contributed by atoms with van der Waals surface area (Å²) in [5, 5.41) is 2.87. The van der Waals surface area contributed by atoms with Crippen LogP contribution < -0.4 is 15.8 Å². The molecule has 7 nitrogen and oxygen atoms in total. The first-order valence-electron chi connectivity index (χ1n) is 8.36. The van der Waals surface area contributed by atoms with E-state index >= 15 is 0 Å². The molecule has 1 saturated carbocycles. The van der Waals surface area contributed by atoms with Crippen molar-refractivity contribution < 1.29 is 19.1 Å². The Morgan fingerprint density at radius 3 is 2.75 bits per heavy atom. The van der Waals surface area contributed by atoms with E-state index in [1.54, 1.807) is 0 Å².